The first-order valence-electron chi connectivity index (χ1n) is 12.9. The Morgan fingerprint density at radius 3 is 2.03 bits per heavy atom. The number of carbonyl (C=O) groups is 2. The third-order valence-corrected chi connectivity index (χ3v) is 8.18. The molecule has 198 valence electrons. The van der Waals surface area contributed by atoms with Gasteiger partial charge in [-0.3, -0.25) is 14.5 Å². The fourth-order valence-electron chi connectivity index (χ4n) is 5.48. The molecular formula is C28H33F3N4O2. The summed E-state index contributed by atoms with van der Waals surface area (Å²) in [6.07, 6.45) is -0.0431. The van der Waals surface area contributed by atoms with Gasteiger partial charge >= 0.3 is 6.18 Å². The molecule has 1 aliphatic heterocycles. The van der Waals surface area contributed by atoms with Crippen LogP contribution in [0, 0.1) is 0 Å². The van der Waals surface area contributed by atoms with Crippen molar-refractivity contribution in [2.45, 2.75) is 55.8 Å². The lowest BCUT2D eigenvalue weighted by molar-refractivity contribution is -0.137. The van der Waals surface area contributed by atoms with E-state index in [1.807, 2.05) is 24.3 Å². The van der Waals surface area contributed by atoms with E-state index in [4.69, 9.17) is 0 Å². The van der Waals surface area contributed by atoms with Crippen LogP contribution in [0.4, 0.5) is 18.9 Å². The lowest BCUT2D eigenvalue weighted by Gasteiger charge is -2.43. The number of benzene rings is 2. The molecule has 3 aliphatic rings. The molecule has 37 heavy (non-hydrogen) atoms. The summed E-state index contributed by atoms with van der Waals surface area (Å²) in [7, 11) is 2.10. The van der Waals surface area contributed by atoms with Crippen molar-refractivity contribution in [1.82, 2.24) is 15.1 Å². The molecule has 0 radical (unpaired) electrons. The van der Waals surface area contributed by atoms with E-state index in [2.05, 4.69) is 27.5 Å². The van der Waals surface area contributed by atoms with Crippen molar-refractivity contribution >= 4 is 17.5 Å². The van der Waals surface area contributed by atoms with Crippen molar-refractivity contribution < 1.29 is 22.8 Å². The molecule has 5 rings (SSSR count). The Kier molecular flexibility index (Phi) is 6.79. The molecule has 2 amide bonds. The zero-order chi connectivity index (χ0) is 26.3. The largest absolute Gasteiger partial charge is 0.416 e. The molecule has 0 aromatic heterocycles. The average Bonchev–Trinajstić information content (AvgIpc) is 3.64. The molecule has 9 heteroatoms. The third kappa shape index (κ3) is 5.38. The van der Waals surface area contributed by atoms with Crippen molar-refractivity contribution in [3.05, 3.63) is 65.2 Å². The summed E-state index contributed by atoms with van der Waals surface area (Å²) < 4.78 is 38.4. The minimum atomic E-state index is -4.40. The number of anilines is 1. The highest BCUT2D eigenvalue weighted by Crippen LogP contribution is 2.44. The Morgan fingerprint density at radius 1 is 0.892 bits per heavy atom. The first-order chi connectivity index (χ1) is 17.6. The minimum absolute atomic E-state index is 0.0163. The fourth-order valence-corrected chi connectivity index (χ4v) is 5.48. The Labute approximate surface area is 215 Å². The zero-order valence-corrected chi connectivity index (χ0v) is 21.0. The fraction of sp³-hybridized carbons (Fsp3) is 0.500. The number of rotatable bonds is 7. The molecule has 2 aromatic carbocycles. The van der Waals surface area contributed by atoms with Gasteiger partial charge in [-0.05, 0) is 74.5 Å². The van der Waals surface area contributed by atoms with Crippen LogP contribution >= 0.6 is 0 Å². The summed E-state index contributed by atoms with van der Waals surface area (Å²) >= 11 is 0. The molecule has 0 unspecified atom stereocenters. The van der Waals surface area contributed by atoms with Crippen LogP contribution in [0.3, 0.4) is 0 Å². The highest BCUT2D eigenvalue weighted by Gasteiger charge is 2.54. The molecule has 0 bridgehead atoms. The van der Waals surface area contributed by atoms with Crippen LogP contribution in [0.25, 0.3) is 0 Å². The molecule has 2 N–H and O–H groups in total. The number of carbonyl (C=O) groups excluding carboxylic acids is 2. The highest BCUT2D eigenvalue weighted by molar-refractivity contribution is 6.00. The van der Waals surface area contributed by atoms with E-state index in [0.29, 0.717) is 5.56 Å². The van der Waals surface area contributed by atoms with Gasteiger partial charge in [0.15, 0.2) is 0 Å². The van der Waals surface area contributed by atoms with Gasteiger partial charge in [-0.1, -0.05) is 24.3 Å². The van der Waals surface area contributed by atoms with Gasteiger partial charge in [-0.15, -0.1) is 0 Å². The highest BCUT2D eigenvalue weighted by atomic mass is 19.4. The van der Waals surface area contributed by atoms with Gasteiger partial charge < -0.3 is 15.5 Å². The van der Waals surface area contributed by atoms with E-state index >= 15 is 0 Å². The van der Waals surface area contributed by atoms with Gasteiger partial charge in [0.25, 0.3) is 0 Å². The van der Waals surface area contributed by atoms with Gasteiger partial charge in [-0.25, -0.2) is 0 Å². The van der Waals surface area contributed by atoms with Crippen LogP contribution in [0.2, 0.25) is 0 Å². The predicted octanol–water partition coefficient (Wildman–Crippen LogP) is 4.16. The first-order valence-corrected chi connectivity index (χ1v) is 12.9. The van der Waals surface area contributed by atoms with Crippen LogP contribution in [-0.2, 0) is 27.7 Å². The number of halogens is 3. The zero-order valence-electron chi connectivity index (χ0n) is 21.0. The summed E-state index contributed by atoms with van der Waals surface area (Å²) in [6.45, 7) is 3.74. The van der Waals surface area contributed by atoms with Crippen LogP contribution in [0.1, 0.15) is 48.8 Å². The van der Waals surface area contributed by atoms with Crippen LogP contribution in [-0.4, -0.2) is 60.4 Å². The van der Waals surface area contributed by atoms with Crippen molar-refractivity contribution in [1.29, 1.82) is 0 Å². The second-order valence-electron chi connectivity index (χ2n) is 10.7. The minimum Gasteiger partial charge on any atom is -0.346 e. The summed E-state index contributed by atoms with van der Waals surface area (Å²) in [5, 5.41) is 6.22. The van der Waals surface area contributed by atoms with Gasteiger partial charge in [0.2, 0.25) is 11.8 Å². The Morgan fingerprint density at radius 2 is 1.51 bits per heavy atom. The number of nitrogens with zero attached hydrogens (tertiary/aromatic N) is 2. The maximum Gasteiger partial charge on any atom is 0.416 e. The lowest BCUT2D eigenvalue weighted by Crippen LogP contribution is -2.54. The maximum absolute atomic E-state index is 13.1. The molecule has 2 aliphatic carbocycles. The number of alkyl halides is 3. The summed E-state index contributed by atoms with van der Waals surface area (Å²) in [5.41, 5.74) is 0.644. The van der Waals surface area contributed by atoms with Gasteiger partial charge in [-0.2, -0.15) is 13.2 Å². The standard InChI is InChI=1S/C28H33F3N4O2/c1-34-15-17-35(18-16-34)27(13-14-27)25(37)32-23-9-7-21(8-10-23)26(11-2-12-26)33-24(36)19-20-3-5-22(6-4-20)28(29,30)31/h3-10H,2,11-19H2,1H3,(H,32,37)(H,33,36). The molecule has 2 aromatic rings. The van der Waals surface area contributed by atoms with Gasteiger partial charge in [0, 0.05) is 31.9 Å². The maximum atomic E-state index is 13.1. The van der Waals surface area contributed by atoms with E-state index < -0.39 is 17.3 Å². The van der Waals surface area contributed by atoms with Crippen molar-refractivity contribution in [3.63, 3.8) is 0 Å². The quantitative estimate of drug-likeness (QED) is 0.583. The van der Waals surface area contributed by atoms with E-state index in [1.54, 1.807) is 0 Å². The average molecular weight is 515 g/mol. The van der Waals surface area contributed by atoms with E-state index in [0.717, 1.165) is 81.7 Å². The summed E-state index contributed by atoms with van der Waals surface area (Å²) in [6, 6.07) is 12.4. The second-order valence-corrected chi connectivity index (χ2v) is 10.7. The number of amides is 2. The Bertz CT molecular complexity index is 1130. The van der Waals surface area contributed by atoms with Gasteiger partial charge in [0.05, 0.1) is 17.5 Å². The predicted molar refractivity (Wildman–Crippen MR) is 135 cm³/mol. The Balaban J connectivity index is 1.19. The molecule has 6 nitrogen and oxygen atoms in total. The van der Waals surface area contributed by atoms with Crippen molar-refractivity contribution in [2.24, 2.45) is 0 Å². The normalized spacial score (nSPS) is 21.1. The van der Waals surface area contributed by atoms with E-state index in [1.165, 1.54) is 12.1 Å². The molecule has 2 saturated carbocycles. The van der Waals surface area contributed by atoms with Crippen LogP contribution in [0.5, 0.6) is 0 Å². The van der Waals surface area contributed by atoms with Crippen LogP contribution in [0.15, 0.2) is 48.5 Å². The third-order valence-electron chi connectivity index (χ3n) is 8.18. The summed E-state index contributed by atoms with van der Waals surface area (Å²) in [4.78, 5) is 30.5. The molecule has 1 heterocycles. The second kappa shape index (κ2) is 9.76. The monoisotopic (exact) mass is 514 g/mol. The number of hydrogen-bond donors (Lipinski definition) is 2. The van der Waals surface area contributed by atoms with Crippen LogP contribution < -0.4 is 10.6 Å². The number of nitrogens with one attached hydrogen (secondary N) is 2. The molecular weight excluding hydrogens is 481 g/mol. The van der Waals surface area contributed by atoms with Crippen molar-refractivity contribution in [2.75, 3.05) is 38.5 Å². The molecule has 0 atom stereocenters. The number of likely N-dealkylation sites (N-methyl/N-ethyl adjacent to an activating group) is 1. The van der Waals surface area contributed by atoms with Crippen molar-refractivity contribution in [3.8, 4) is 0 Å². The smallest absolute Gasteiger partial charge is 0.346 e. The van der Waals surface area contributed by atoms with E-state index in [-0.39, 0.29) is 23.8 Å². The lowest BCUT2D eigenvalue weighted by atomic mass is 9.71. The topological polar surface area (TPSA) is 64.7 Å². The summed E-state index contributed by atoms with van der Waals surface area (Å²) in [5.74, 6) is -0.173. The number of hydrogen-bond acceptors (Lipinski definition) is 4. The van der Waals surface area contributed by atoms with E-state index in [9.17, 15) is 22.8 Å². The Hall–Kier alpha value is -2.91. The van der Waals surface area contributed by atoms with Gasteiger partial charge in [0.1, 0.15) is 5.54 Å². The SMILES string of the molecule is CN1CCN(C2(C(=O)Nc3ccc(C4(NC(=O)Cc5ccc(C(F)(F)F)cc5)CCC4)cc3)CC2)CC1. The molecule has 0 spiro atoms. The molecule has 3 fully saturated rings. The molecule has 1 saturated heterocycles. The number of piperazine rings is 1. The first kappa shape index (κ1) is 25.7.